The molecule has 1 saturated heterocycles. The summed E-state index contributed by atoms with van der Waals surface area (Å²) in [5.41, 5.74) is 1.33. The molecule has 0 radical (unpaired) electrons. The number of anilines is 1. The molecule has 9 heteroatoms. The smallest absolute Gasteiger partial charge is 0.244 e. The first kappa shape index (κ1) is 20.5. The van der Waals surface area contributed by atoms with Crippen molar-refractivity contribution in [2.24, 2.45) is 5.92 Å². The van der Waals surface area contributed by atoms with Gasteiger partial charge in [-0.1, -0.05) is 37.3 Å². The van der Waals surface area contributed by atoms with Gasteiger partial charge in [0.1, 0.15) is 0 Å². The molecule has 3 rings (SSSR count). The molecule has 0 aromatic heterocycles. The molecule has 0 aliphatic carbocycles. The summed E-state index contributed by atoms with van der Waals surface area (Å²) in [6, 6.07) is 12.8. The van der Waals surface area contributed by atoms with Gasteiger partial charge >= 0.3 is 0 Å². The van der Waals surface area contributed by atoms with Crippen molar-refractivity contribution in [3.8, 4) is 0 Å². The Morgan fingerprint density at radius 3 is 2.32 bits per heavy atom. The number of hydrogen-bond acceptors (Lipinski definition) is 5. The van der Waals surface area contributed by atoms with E-state index in [0.717, 1.165) is 9.87 Å². The van der Waals surface area contributed by atoms with E-state index in [9.17, 15) is 21.6 Å². The Balaban J connectivity index is 1.91. The molecular weight excluding hydrogens is 400 g/mol. The lowest BCUT2D eigenvalue weighted by Crippen LogP contribution is -2.31. The summed E-state index contributed by atoms with van der Waals surface area (Å²) in [5.74, 6) is -1.38. The number of benzene rings is 2. The highest BCUT2D eigenvalue weighted by Gasteiger charge is 2.42. The summed E-state index contributed by atoms with van der Waals surface area (Å²) in [4.78, 5) is 12.3. The van der Waals surface area contributed by atoms with E-state index in [2.05, 4.69) is 4.72 Å². The van der Waals surface area contributed by atoms with E-state index in [1.54, 1.807) is 20.8 Å². The first-order valence-corrected chi connectivity index (χ1v) is 11.9. The van der Waals surface area contributed by atoms with Crippen molar-refractivity contribution < 1.29 is 21.6 Å². The van der Waals surface area contributed by atoms with E-state index in [1.807, 2.05) is 30.3 Å². The number of amides is 1. The van der Waals surface area contributed by atoms with E-state index in [4.69, 9.17) is 0 Å². The van der Waals surface area contributed by atoms with Crippen molar-refractivity contribution in [3.05, 3.63) is 59.7 Å². The Bertz CT molecular complexity index is 1110. The third-order valence-electron chi connectivity index (χ3n) is 4.67. The number of aryl methyl sites for hydroxylation is 1. The van der Waals surface area contributed by atoms with Crippen LogP contribution in [0.4, 0.5) is 5.69 Å². The standard InChI is InChI=1S/C19H22N2O5S2/c1-13-11-17(21-19(22)14(2)12-27(21,23)24)9-10-18(13)28(25,26)20-15(3)16-7-5-4-6-8-16/h4-11,14-15,20H,12H2,1-3H3. The molecule has 2 aromatic carbocycles. The van der Waals surface area contributed by atoms with Crippen LogP contribution in [0.15, 0.2) is 53.4 Å². The van der Waals surface area contributed by atoms with Gasteiger partial charge < -0.3 is 0 Å². The highest BCUT2D eigenvalue weighted by atomic mass is 32.2. The SMILES string of the molecule is Cc1cc(N2C(=O)C(C)CS2(=O)=O)ccc1S(=O)(=O)NC(C)c1ccccc1. The number of rotatable bonds is 5. The minimum atomic E-state index is -3.83. The zero-order valence-electron chi connectivity index (χ0n) is 15.8. The van der Waals surface area contributed by atoms with Gasteiger partial charge in [-0.3, -0.25) is 4.79 Å². The van der Waals surface area contributed by atoms with Crippen molar-refractivity contribution >= 4 is 31.6 Å². The lowest BCUT2D eigenvalue weighted by atomic mass is 10.1. The van der Waals surface area contributed by atoms with Crippen LogP contribution in [0.25, 0.3) is 0 Å². The fourth-order valence-electron chi connectivity index (χ4n) is 3.25. The summed E-state index contributed by atoms with van der Waals surface area (Å²) in [6.07, 6.45) is 0. The summed E-state index contributed by atoms with van der Waals surface area (Å²) >= 11 is 0. The second kappa shape index (κ2) is 7.31. The normalized spacial score (nSPS) is 20.3. The van der Waals surface area contributed by atoms with Crippen LogP contribution in [0.2, 0.25) is 0 Å². The first-order chi connectivity index (χ1) is 13.0. The molecule has 2 unspecified atom stereocenters. The van der Waals surface area contributed by atoms with Gasteiger partial charge in [0, 0.05) is 6.04 Å². The van der Waals surface area contributed by atoms with Crippen molar-refractivity contribution in [1.29, 1.82) is 0 Å². The summed E-state index contributed by atoms with van der Waals surface area (Å²) in [5, 5.41) is 0. The zero-order valence-corrected chi connectivity index (χ0v) is 17.4. The van der Waals surface area contributed by atoms with E-state index in [0.29, 0.717) is 5.56 Å². The number of nitrogens with zero attached hydrogens (tertiary/aromatic N) is 1. The molecule has 28 heavy (non-hydrogen) atoms. The average molecular weight is 423 g/mol. The van der Waals surface area contributed by atoms with Gasteiger partial charge in [-0.05, 0) is 43.2 Å². The Labute approximate surface area is 165 Å². The molecule has 1 N–H and O–H groups in total. The maximum absolute atomic E-state index is 12.8. The van der Waals surface area contributed by atoms with Crippen molar-refractivity contribution in [2.45, 2.75) is 31.7 Å². The van der Waals surface area contributed by atoms with Gasteiger partial charge in [0.05, 0.1) is 22.3 Å². The van der Waals surface area contributed by atoms with E-state index in [-0.39, 0.29) is 16.3 Å². The van der Waals surface area contributed by atoms with Crippen LogP contribution in [0.3, 0.4) is 0 Å². The predicted molar refractivity (Wildman–Crippen MR) is 107 cm³/mol. The highest BCUT2D eigenvalue weighted by Crippen LogP contribution is 2.31. The Morgan fingerprint density at radius 1 is 1.14 bits per heavy atom. The fraction of sp³-hybridized carbons (Fsp3) is 0.316. The fourth-order valence-corrected chi connectivity index (χ4v) is 6.53. The van der Waals surface area contributed by atoms with Crippen LogP contribution in [0.1, 0.15) is 31.0 Å². The molecule has 0 spiro atoms. The summed E-state index contributed by atoms with van der Waals surface area (Å²) in [7, 11) is -7.57. The Hall–Kier alpha value is -2.23. The third-order valence-corrected chi connectivity index (χ3v) is 8.24. The van der Waals surface area contributed by atoms with Crippen molar-refractivity contribution in [1.82, 2.24) is 4.72 Å². The van der Waals surface area contributed by atoms with Crippen LogP contribution < -0.4 is 9.03 Å². The van der Waals surface area contributed by atoms with Crippen molar-refractivity contribution in [2.75, 3.05) is 10.1 Å². The topological polar surface area (TPSA) is 101 Å². The molecule has 2 atom stereocenters. The van der Waals surface area contributed by atoms with Crippen LogP contribution in [-0.2, 0) is 24.8 Å². The summed E-state index contributed by atoms with van der Waals surface area (Å²) in [6.45, 7) is 4.87. The van der Waals surface area contributed by atoms with Crippen molar-refractivity contribution in [3.63, 3.8) is 0 Å². The average Bonchev–Trinajstić information content (AvgIpc) is 2.82. The first-order valence-electron chi connectivity index (χ1n) is 8.78. The number of carbonyl (C=O) groups is 1. The number of nitrogens with one attached hydrogen (secondary N) is 1. The molecule has 0 bridgehead atoms. The summed E-state index contributed by atoms with van der Waals surface area (Å²) < 4.78 is 53.5. The molecule has 2 aromatic rings. The van der Waals surface area contributed by atoms with Gasteiger partial charge in [0.2, 0.25) is 26.0 Å². The van der Waals surface area contributed by atoms with E-state index >= 15 is 0 Å². The van der Waals surface area contributed by atoms with E-state index < -0.39 is 37.9 Å². The lowest BCUT2D eigenvalue weighted by Gasteiger charge is -2.19. The monoisotopic (exact) mass is 422 g/mol. The molecule has 7 nitrogen and oxygen atoms in total. The minimum absolute atomic E-state index is 0.0381. The number of sulfonamides is 2. The molecule has 1 aliphatic heterocycles. The number of hydrogen-bond donors (Lipinski definition) is 1. The van der Waals surface area contributed by atoms with Crippen LogP contribution in [0, 0.1) is 12.8 Å². The predicted octanol–water partition coefficient (Wildman–Crippen LogP) is 2.35. The Kier molecular flexibility index (Phi) is 5.35. The molecule has 1 heterocycles. The lowest BCUT2D eigenvalue weighted by molar-refractivity contribution is -0.119. The molecule has 1 amide bonds. The van der Waals surface area contributed by atoms with Gasteiger partial charge in [-0.25, -0.2) is 25.9 Å². The minimum Gasteiger partial charge on any atom is -0.273 e. The van der Waals surface area contributed by atoms with Gasteiger partial charge in [-0.15, -0.1) is 0 Å². The zero-order chi connectivity index (χ0) is 20.7. The second-order valence-corrected chi connectivity index (χ2v) is 10.5. The third kappa shape index (κ3) is 3.82. The van der Waals surface area contributed by atoms with Crippen LogP contribution in [-0.4, -0.2) is 28.5 Å². The second-order valence-electron chi connectivity index (χ2n) is 6.99. The quantitative estimate of drug-likeness (QED) is 0.797. The van der Waals surface area contributed by atoms with Gasteiger partial charge in [0.25, 0.3) is 0 Å². The maximum atomic E-state index is 12.8. The molecular formula is C19H22N2O5S2. The molecule has 1 aliphatic rings. The largest absolute Gasteiger partial charge is 0.273 e. The molecule has 0 saturated carbocycles. The van der Waals surface area contributed by atoms with Gasteiger partial charge in [0.15, 0.2) is 0 Å². The van der Waals surface area contributed by atoms with Crippen LogP contribution >= 0.6 is 0 Å². The Morgan fingerprint density at radius 2 is 1.79 bits per heavy atom. The molecule has 150 valence electrons. The van der Waals surface area contributed by atoms with Gasteiger partial charge in [-0.2, -0.15) is 0 Å². The molecule has 1 fully saturated rings. The highest BCUT2D eigenvalue weighted by molar-refractivity contribution is 7.94. The number of carbonyl (C=O) groups excluding carboxylic acids is 1. The van der Waals surface area contributed by atoms with E-state index in [1.165, 1.54) is 18.2 Å². The maximum Gasteiger partial charge on any atom is 0.244 e. The van der Waals surface area contributed by atoms with Crippen LogP contribution in [0.5, 0.6) is 0 Å².